The molecule has 6 heteroatoms. The number of nitrogens with one attached hydrogen (secondary N) is 1. The van der Waals surface area contributed by atoms with Gasteiger partial charge in [-0.15, -0.1) is 11.3 Å². The van der Waals surface area contributed by atoms with E-state index < -0.39 is 23.8 Å². The molecule has 0 spiro atoms. The zero-order chi connectivity index (χ0) is 18.0. The van der Waals surface area contributed by atoms with Crippen LogP contribution in [0.4, 0.5) is 10.1 Å². The minimum Gasteiger partial charge on any atom is -0.448 e. The summed E-state index contributed by atoms with van der Waals surface area (Å²) in [5.74, 6) is -1.46. The molecule has 0 bridgehead atoms. The molecular formula is C19H16FNO3S. The van der Waals surface area contributed by atoms with Gasteiger partial charge in [0.05, 0.1) is 0 Å². The van der Waals surface area contributed by atoms with E-state index in [0.717, 1.165) is 16.9 Å². The van der Waals surface area contributed by atoms with Gasteiger partial charge in [0.2, 0.25) is 0 Å². The number of carbonyl (C=O) groups is 2. The van der Waals surface area contributed by atoms with Gasteiger partial charge in [0.1, 0.15) is 10.7 Å². The van der Waals surface area contributed by atoms with Gasteiger partial charge in [0, 0.05) is 15.8 Å². The maximum absolute atomic E-state index is 13.7. The first-order valence-corrected chi connectivity index (χ1v) is 8.52. The topological polar surface area (TPSA) is 55.4 Å². The van der Waals surface area contributed by atoms with Crippen molar-refractivity contribution in [1.82, 2.24) is 0 Å². The number of amides is 1. The molecule has 25 heavy (non-hydrogen) atoms. The van der Waals surface area contributed by atoms with Crippen LogP contribution < -0.4 is 5.32 Å². The molecule has 3 aromatic rings. The Balaban J connectivity index is 1.68. The number of hydrogen-bond donors (Lipinski definition) is 1. The van der Waals surface area contributed by atoms with Crippen molar-refractivity contribution in [2.24, 2.45) is 0 Å². The summed E-state index contributed by atoms with van der Waals surface area (Å²) < 4.78 is 19.6. The van der Waals surface area contributed by atoms with Crippen molar-refractivity contribution < 1.29 is 18.7 Å². The first-order valence-electron chi connectivity index (χ1n) is 7.70. The normalized spacial score (nSPS) is 12.0. The summed E-state index contributed by atoms with van der Waals surface area (Å²) in [6, 6.07) is 13.4. The highest BCUT2D eigenvalue weighted by Gasteiger charge is 2.21. The minimum absolute atomic E-state index is 0.260. The molecule has 1 amide bonds. The molecule has 1 atom stereocenters. The highest BCUT2D eigenvalue weighted by molar-refractivity contribution is 7.20. The number of ether oxygens (including phenoxy) is 1. The van der Waals surface area contributed by atoms with E-state index in [-0.39, 0.29) is 4.88 Å². The lowest BCUT2D eigenvalue weighted by molar-refractivity contribution is -0.123. The smallest absolute Gasteiger partial charge is 0.349 e. The lowest BCUT2D eigenvalue weighted by atomic mass is 10.2. The lowest BCUT2D eigenvalue weighted by Crippen LogP contribution is -2.29. The Kier molecular flexibility index (Phi) is 4.81. The number of aryl methyl sites for hydroxylation is 1. The first-order chi connectivity index (χ1) is 11.9. The molecule has 0 aliphatic carbocycles. The fourth-order valence-corrected chi connectivity index (χ4v) is 3.32. The lowest BCUT2D eigenvalue weighted by Gasteiger charge is -2.13. The van der Waals surface area contributed by atoms with Crippen molar-refractivity contribution in [3.8, 4) is 0 Å². The summed E-state index contributed by atoms with van der Waals surface area (Å²) in [6.45, 7) is 3.41. The van der Waals surface area contributed by atoms with Crippen LogP contribution in [0.5, 0.6) is 0 Å². The van der Waals surface area contributed by atoms with Crippen molar-refractivity contribution in [2.75, 3.05) is 5.32 Å². The van der Waals surface area contributed by atoms with Gasteiger partial charge in [-0.3, -0.25) is 4.79 Å². The van der Waals surface area contributed by atoms with Crippen molar-refractivity contribution in [2.45, 2.75) is 20.0 Å². The van der Waals surface area contributed by atoms with Crippen LogP contribution in [0.3, 0.4) is 0 Å². The predicted octanol–water partition coefficient (Wildman–Crippen LogP) is 4.53. The molecule has 4 nitrogen and oxygen atoms in total. The predicted molar refractivity (Wildman–Crippen MR) is 96.5 cm³/mol. The summed E-state index contributed by atoms with van der Waals surface area (Å²) >= 11 is 1.13. The van der Waals surface area contributed by atoms with E-state index in [0.29, 0.717) is 15.8 Å². The Bertz CT molecular complexity index is 951. The highest BCUT2D eigenvalue weighted by atomic mass is 32.1. The number of fused-ring (bicyclic) bond motifs is 1. The third-order valence-corrected chi connectivity index (χ3v) is 4.73. The van der Waals surface area contributed by atoms with Gasteiger partial charge in [-0.05, 0) is 49.7 Å². The van der Waals surface area contributed by atoms with Crippen LogP contribution in [0.1, 0.15) is 22.2 Å². The van der Waals surface area contributed by atoms with Gasteiger partial charge >= 0.3 is 5.97 Å². The number of benzene rings is 2. The largest absolute Gasteiger partial charge is 0.448 e. The van der Waals surface area contributed by atoms with Crippen LogP contribution in [0.25, 0.3) is 10.1 Å². The molecule has 1 heterocycles. The summed E-state index contributed by atoms with van der Waals surface area (Å²) in [6.07, 6.45) is -0.969. The highest BCUT2D eigenvalue weighted by Crippen LogP contribution is 2.28. The Morgan fingerprint density at radius 2 is 1.92 bits per heavy atom. The maximum Gasteiger partial charge on any atom is 0.349 e. The van der Waals surface area contributed by atoms with Crippen LogP contribution >= 0.6 is 11.3 Å². The molecule has 3 rings (SSSR count). The number of esters is 1. The molecule has 0 saturated carbocycles. The molecule has 0 aliphatic rings. The third kappa shape index (κ3) is 3.85. The van der Waals surface area contributed by atoms with E-state index in [1.165, 1.54) is 19.1 Å². The number of carbonyl (C=O) groups excluding carboxylic acids is 2. The van der Waals surface area contributed by atoms with Crippen LogP contribution in [-0.4, -0.2) is 18.0 Å². The summed E-state index contributed by atoms with van der Waals surface area (Å²) in [5.41, 5.74) is 1.64. The molecule has 0 aliphatic heterocycles. The van der Waals surface area contributed by atoms with Crippen LogP contribution in [0, 0.1) is 12.7 Å². The molecule has 0 unspecified atom stereocenters. The van der Waals surface area contributed by atoms with Gasteiger partial charge in [-0.1, -0.05) is 18.2 Å². The quantitative estimate of drug-likeness (QED) is 0.698. The molecular weight excluding hydrogens is 341 g/mol. The zero-order valence-corrected chi connectivity index (χ0v) is 14.5. The second-order valence-electron chi connectivity index (χ2n) is 5.67. The summed E-state index contributed by atoms with van der Waals surface area (Å²) in [4.78, 5) is 24.7. The van der Waals surface area contributed by atoms with E-state index in [2.05, 4.69) is 5.32 Å². The second-order valence-corrected chi connectivity index (χ2v) is 6.75. The van der Waals surface area contributed by atoms with Gasteiger partial charge in [0.15, 0.2) is 6.10 Å². The molecule has 2 aromatic carbocycles. The van der Waals surface area contributed by atoms with Gasteiger partial charge in [0.25, 0.3) is 5.91 Å². The minimum atomic E-state index is -0.969. The summed E-state index contributed by atoms with van der Waals surface area (Å²) in [5, 5.41) is 3.07. The number of hydrogen-bond acceptors (Lipinski definition) is 4. The Morgan fingerprint density at radius 1 is 1.16 bits per heavy atom. The molecule has 0 radical (unpaired) electrons. The molecule has 0 saturated heterocycles. The second kappa shape index (κ2) is 7.03. The first kappa shape index (κ1) is 17.1. The SMILES string of the molecule is Cc1cccc(NC(=O)[C@@H](C)OC(=O)c2cc3c(F)cccc3s2)c1. The van der Waals surface area contributed by atoms with E-state index in [1.807, 2.05) is 25.1 Å². The van der Waals surface area contributed by atoms with Crippen LogP contribution in [-0.2, 0) is 9.53 Å². The maximum atomic E-state index is 13.7. The Morgan fingerprint density at radius 3 is 2.64 bits per heavy atom. The number of halogens is 1. The molecule has 0 fully saturated rings. The summed E-state index contributed by atoms with van der Waals surface area (Å²) in [7, 11) is 0. The van der Waals surface area contributed by atoms with E-state index in [9.17, 15) is 14.0 Å². The molecule has 1 N–H and O–H groups in total. The fraction of sp³-hybridized carbons (Fsp3) is 0.158. The zero-order valence-electron chi connectivity index (χ0n) is 13.7. The Labute approximate surface area is 148 Å². The number of thiophene rings is 1. The average Bonchev–Trinajstić information content (AvgIpc) is 3.00. The average molecular weight is 357 g/mol. The van der Waals surface area contributed by atoms with Crippen molar-refractivity contribution in [3.63, 3.8) is 0 Å². The molecule has 1 aromatic heterocycles. The Hall–Kier alpha value is -2.73. The van der Waals surface area contributed by atoms with Crippen LogP contribution in [0.15, 0.2) is 48.5 Å². The number of rotatable bonds is 4. The van der Waals surface area contributed by atoms with E-state index >= 15 is 0 Å². The van der Waals surface area contributed by atoms with Gasteiger partial charge in [-0.25, -0.2) is 9.18 Å². The van der Waals surface area contributed by atoms with Gasteiger partial charge < -0.3 is 10.1 Å². The third-order valence-electron chi connectivity index (χ3n) is 3.65. The standard InChI is InChI=1S/C19H16FNO3S/c1-11-5-3-6-13(9-11)21-18(22)12(2)24-19(23)17-10-14-15(20)7-4-8-16(14)25-17/h3-10,12H,1-2H3,(H,21,22)/t12-/m1/s1. The van der Waals surface area contributed by atoms with E-state index in [4.69, 9.17) is 4.74 Å². The molecule has 128 valence electrons. The van der Waals surface area contributed by atoms with Gasteiger partial charge in [-0.2, -0.15) is 0 Å². The van der Waals surface area contributed by atoms with Crippen LogP contribution in [0.2, 0.25) is 0 Å². The van der Waals surface area contributed by atoms with Crippen molar-refractivity contribution >= 4 is 39.0 Å². The fourth-order valence-electron chi connectivity index (χ4n) is 2.36. The monoisotopic (exact) mass is 357 g/mol. The van der Waals surface area contributed by atoms with Crippen molar-refractivity contribution in [3.05, 3.63) is 64.8 Å². The van der Waals surface area contributed by atoms with Crippen molar-refractivity contribution in [1.29, 1.82) is 0 Å². The number of anilines is 1. The van der Waals surface area contributed by atoms with E-state index in [1.54, 1.807) is 18.2 Å².